The Morgan fingerprint density at radius 1 is 1.33 bits per heavy atom. The predicted octanol–water partition coefficient (Wildman–Crippen LogP) is 4.66. The molecule has 3 aliphatic rings. The minimum Gasteiger partial charge on any atom is -0.252 e. The van der Waals surface area contributed by atoms with Gasteiger partial charge in [0, 0.05) is 16.9 Å². The molecule has 0 amide bonds. The zero-order valence-corrected chi connectivity index (χ0v) is 11.2. The van der Waals surface area contributed by atoms with Crippen LogP contribution in [0.15, 0.2) is 63.4 Å². The molecule has 0 aromatic carbocycles. The van der Waals surface area contributed by atoms with E-state index in [1.807, 2.05) is 0 Å². The van der Waals surface area contributed by atoms with Crippen molar-refractivity contribution in [3.05, 3.63) is 58.4 Å². The standard InChI is InChI=1S/C17H19N/c1-3-4-6-13-9-10-14(11-13)17-12(2)18-16-8-5-7-15(16)17/h5,7-9,11H,3-4,6,10H2,1-2H3. The van der Waals surface area contributed by atoms with Crippen LogP contribution in [0.25, 0.3) is 0 Å². The Hall–Kier alpha value is -1.63. The summed E-state index contributed by atoms with van der Waals surface area (Å²) in [6.07, 6.45) is 16.0. The third-order valence-corrected chi connectivity index (χ3v) is 3.80. The maximum Gasteiger partial charge on any atom is 0.0712 e. The molecule has 0 unspecified atom stereocenters. The van der Waals surface area contributed by atoms with Gasteiger partial charge in [0.2, 0.25) is 0 Å². The molecule has 18 heavy (non-hydrogen) atoms. The van der Waals surface area contributed by atoms with Gasteiger partial charge in [-0.15, -0.1) is 0 Å². The molecule has 1 heterocycles. The van der Waals surface area contributed by atoms with E-state index in [2.05, 4.69) is 49.2 Å². The topological polar surface area (TPSA) is 12.4 Å². The van der Waals surface area contributed by atoms with E-state index < -0.39 is 0 Å². The minimum absolute atomic E-state index is 1.08. The van der Waals surface area contributed by atoms with E-state index in [0.717, 1.165) is 12.1 Å². The van der Waals surface area contributed by atoms with Crippen molar-refractivity contribution < 1.29 is 0 Å². The summed E-state index contributed by atoms with van der Waals surface area (Å²) in [5.41, 5.74) is 7.98. The molecule has 0 spiro atoms. The second-order valence-electron chi connectivity index (χ2n) is 5.15. The minimum atomic E-state index is 1.08. The zero-order chi connectivity index (χ0) is 12.5. The van der Waals surface area contributed by atoms with E-state index >= 15 is 0 Å². The Morgan fingerprint density at radius 2 is 2.22 bits per heavy atom. The van der Waals surface area contributed by atoms with Crippen LogP contribution in [0.1, 0.15) is 39.5 Å². The lowest BCUT2D eigenvalue weighted by atomic mass is 9.97. The van der Waals surface area contributed by atoms with Gasteiger partial charge in [0.15, 0.2) is 0 Å². The van der Waals surface area contributed by atoms with Gasteiger partial charge in [0.05, 0.1) is 5.70 Å². The number of nitrogens with zero attached hydrogens (tertiary/aromatic N) is 1. The molecule has 0 aromatic heterocycles. The van der Waals surface area contributed by atoms with Crippen LogP contribution in [0.5, 0.6) is 0 Å². The molecule has 2 aliphatic carbocycles. The van der Waals surface area contributed by atoms with Gasteiger partial charge in [-0.2, -0.15) is 0 Å². The lowest BCUT2D eigenvalue weighted by Crippen LogP contribution is -1.97. The quantitative estimate of drug-likeness (QED) is 0.674. The fourth-order valence-electron chi connectivity index (χ4n) is 2.87. The van der Waals surface area contributed by atoms with Crippen LogP contribution in [0, 0.1) is 0 Å². The summed E-state index contributed by atoms with van der Waals surface area (Å²) in [4.78, 5) is 4.64. The summed E-state index contributed by atoms with van der Waals surface area (Å²) >= 11 is 0. The van der Waals surface area contributed by atoms with Gasteiger partial charge in [-0.3, -0.25) is 4.99 Å². The van der Waals surface area contributed by atoms with E-state index in [-0.39, 0.29) is 0 Å². The van der Waals surface area contributed by atoms with Crippen molar-refractivity contribution in [3.63, 3.8) is 0 Å². The van der Waals surface area contributed by atoms with Crippen molar-refractivity contribution in [3.8, 4) is 0 Å². The number of fused-ring (bicyclic) bond motifs is 1. The molecule has 0 saturated carbocycles. The van der Waals surface area contributed by atoms with Gasteiger partial charge in [-0.1, -0.05) is 43.2 Å². The van der Waals surface area contributed by atoms with Crippen molar-refractivity contribution >= 4 is 5.71 Å². The smallest absolute Gasteiger partial charge is 0.0712 e. The molecule has 0 aromatic rings. The Kier molecular flexibility index (Phi) is 2.91. The average molecular weight is 237 g/mol. The van der Waals surface area contributed by atoms with Crippen LogP contribution >= 0.6 is 0 Å². The predicted molar refractivity (Wildman–Crippen MR) is 77.7 cm³/mol. The number of hydrogen-bond donors (Lipinski definition) is 0. The van der Waals surface area contributed by atoms with E-state index in [9.17, 15) is 0 Å². The first-order valence-electron chi connectivity index (χ1n) is 6.88. The highest BCUT2D eigenvalue weighted by atomic mass is 14.8. The third-order valence-electron chi connectivity index (χ3n) is 3.80. The second-order valence-corrected chi connectivity index (χ2v) is 5.15. The number of allylic oxidation sites excluding steroid dienone is 8. The van der Waals surface area contributed by atoms with Crippen LogP contribution in [-0.2, 0) is 0 Å². The zero-order valence-electron chi connectivity index (χ0n) is 11.2. The largest absolute Gasteiger partial charge is 0.252 e. The molecule has 0 saturated heterocycles. The first-order chi connectivity index (χ1) is 8.79. The molecule has 0 atom stereocenters. The van der Waals surface area contributed by atoms with Crippen LogP contribution in [-0.4, -0.2) is 5.71 Å². The molecule has 0 N–H and O–H groups in total. The fraction of sp³-hybridized carbons (Fsp3) is 0.353. The van der Waals surface area contributed by atoms with Gasteiger partial charge in [-0.05, 0) is 37.8 Å². The van der Waals surface area contributed by atoms with Gasteiger partial charge in [-0.25, -0.2) is 0 Å². The average Bonchev–Trinajstić information content (AvgIpc) is 3.01. The van der Waals surface area contributed by atoms with Gasteiger partial charge >= 0.3 is 0 Å². The number of unbranched alkanes of at least 4 members (excludes halogenated alkanes) is 1. The van der Waals surface area contributed by atoms with E-state index in [4.69, 9.17) is 0 Å². The highest BCUT2D eigenvalue weighted by Crippen LogP contribution is 2.37. The van der Waals surface area contributed by atoms with Crippen LogP contribution in [0.2, 0.25) is 0 Å². The Labute approximate surface area is 109 Å². The number of aliphatic imine (C=N–C) groups is 1. The van der Waals surface area contributed by atoms with Crippen molar-refractivity contribution in [2.24, 2.45) is 4.99 Å². The first-order valence-corrected chi connectivity index (χ1v) is 6.88. The number of hydrogen-bond acceptors (Lipinski definition) is 1. The summed E-state index contributed by atoms with van der Waals surface area (Å²) in [7, 11) is 0. The summed E-state index contributed by atoms with van der Waals surface area (Å²) in [6, 6.07) is 0. The highest BCUT2D eigenvalue weighted by molar-refractivity contribution is 6.08. The monoisotopic (exact) mass is 237 g/mol. The summed E-state index contributed by atoms with van der Waals surface area (Å²) in [5.74, 6) is 0. The molecule has 3 rings (SSSR count). The van der Waals surface area contributed by atoms with Gasteiger partial charge in [0.1, 0.15) is 0 Å². The Morgan fingerprint density at radius 3 is 3.06 bits per heavy atom. The third kappa shape index (κ3) is 1.84. The molecule has 92 valence electrons. The van der Waals surface area contributed by atoms with Crippen LogP contribution in [0.4, 0.5) is 0 Å². The Balaban J connectivity index is 1.86. The first kappa shape index (κ1) is 11.5. The van der Waals surface area contributed by atoms with Crippen LogP contribution in [0.3, 0.4) is 0 Å². The fourth-order valence-corrected chi connectivity index (χ4v) is 2.87. The van der Waals surface area contributed by atoms with Crippen molar-refractivity contribution in [2.75, 3.05) is 0 Å². The van der Waals surface area contributed by atoms with Crippen molar-refractivity contribution in [1.82, 2.24) is 0 Å². The van der Waals surface area contributed by atoms with E-state index in [0.29, 0.717) is 0 Å². The van der Waals surface area contributed by atoms with E-state index in [1.165, 1.54) is 47.3 Å². The van der Waals surface area contributed by atoms with Crippen molar-refractivity contribution in [2.45, 2.75) is 39.5 Å². The molecular formula is C17H19N. The van der Waals surface area contributed by atoms with E-state index in [1.54, 1.807) is 0 Å². The lowest BCUT2D eigenvalue weighted by Gasteiger charge is -2.05. The summed E-state index contributed by atoms with van der Waals surface area (Å²) < 4.78 is 0. The van der Waals surface area contributed by atoms with Gasteiger partial charge < -0.3 is 0 Å². The number of rotatable bonds is 4. The highest BCUT2D eigenvalue weighted by Gasteiger charge is 2.24. The summed E-state index contributed by atoms with van der Waals surface area (Å²) in [5, 5.41) is 0. The Bertz CT molecular complexity index is 562. The van der Waals surface area contributed by atoms with Gasteiger partial charge in [0.25, 0.3) is 0 Å². The maximum atomic E-state index is 4.64. The molecule has 0 fully saturated rings. The molecule has 1 nitrogen and oxygen atoms in total. The normalized spacial score (nSPS) is 21.0. The lowest BCUT2D eigenvalue weighted by molar-refractivity contribution is 0.798. The molecule has 0 bridgehead atoms. The molecule has 1 heteroatoms. The molecular weight excluding hydrogens is 218 g/mol. The van der Waals surface area contributed by atoms with Crippen molar-refractivity contribution in [1.29, 1.82) is 0 Å². The maximum absolute atomic E-state index is 4.64. The molecule has 0 radical (unpaired) electrons. The second kappa shape index (κ2) is 4.56. The summed E-state index contributed by atoms with van der Waals surface area (Å²) in [6.45, 7) is 4.37. The molecule has 1 aliphatic heterocycles. The van der Waals surface area contributed by atoms with Crippen LogP contribution < -0.4 is 0 Å². The SMILES string of the molecule is CCCCC1=CCC(C2=C3C=CC=C3N=C2C)=C1.